The molecule has 0 atom stereocenters. The van der Waals surface area contributed by atoms with Gasteiger partial charge in [-0.25, -0.2) is 4.98 Å². The summed E-state index contributed by atoms with van der Waals surface area (Å²) in [6, 6.07) is 17.6. The molecule has 3 rings (SSSR count). The summed E-state index contributed by atoms with van der Waals surface area (Å²) in [5, 5.41) is 6.50. The van der Waals surface area contributed by atoms with E-state index in [1.807, 2.05) is 31.2 Å². The maximum absolute atomic E-state index is 11.5. The van der Waals surface area contributed by atoms with Gasteiger partial charge in [0.15, 0.2) is 5.78 Å². The fourth-order valence-electron chi connectivity index (χ4n) is 2.56. The molecule has 0 aliphatic heterocycles. The fourth-order valence-corrected chi connectivity index (χ4v) is 2.56. The summed E-state index contributed by atoms with van der Waals surface area (Å²) in [6.45, 7) is 6.21. The zero-order chi connectivity index (χ0) is 18.5. The zero-order valence-corrected chi connectivity index (χ0v) is 15.2. The largest absolute Gasteiger partial charge is 0.350 e. The summed E-state index contributed by atoms with van der Waals surface area (Å²) in [5.41, 5.74) is 4.75. The first kappa shape index (κ1) is 17.6. The molecule has 2 N–H and O–H groups in total. The van der Waals surface area contributed by atoms with Gasteiger partial charge in [0.2, 0.25) is 5.95 Å². The van der Waals surface area contributed by atoms with Crippen molar-refractivity contribution >= 4 is 23.2 Å². The third-order valence-corrected chi connectivity index (χ3v) is 3.97. The van der Waals surface area contributed by atoms with Gasteiger partial charge in [-0.15, -0.1) is 0 Å². The Labute approximate surface area is 153 Å². The van der Waals surface area contributed by atoms with Crippen molar-refractivity contribution in [2.45, 2.75) is 27.3 Å². The number of anilines is 3. The van der Waals surface area contributed by atoms with Gasteiger partial charge in [-0.3, -0.25) is 4.79 Å². The molecule has 1 aromatic heterocycles. The first-order valence-corrected chi connectivity index (χ1v) is 8.53. The average Bonchev–Trinajstić information content (AvgIpc) is 2.61. The van der Waals surface area contributed by atoms with E-state index in [4.69, 9.17) is 0 Å². The third-order valence-electron chi connectivity index (χ3n) is 3.97. The number of nitrogens with zero attached hydrogens (tertiary/aromatic N) is 2. The van der Waals surface area contributed by atoms with E-state index in [1.165, 1.54) is 11.1 Å². The Morgan fingerprint density at radius 2 is 1.77 bits per heavy atom. The van der Waals surface area contributed by atoms with Gasteiger partial charge < -0.3 is 10.6 Å². The van der Waals surface area contributed by atoms with Gasteiger partial charge in [-0.05, 0) is 38.5 Å². The first-order valence-electron chi connectivity index (χ1n) is 8.53. The van der Waals surface area contributed by atoms with Crippen molar-refractivity contribution in [3.63, 3.8) is 0 Å². The quantitative estimate of drug-likeness (QED) is 0.636. The molecular formula is C21H22N4O. The molecular weight excluding hydrogens is 324 g/mol. The van der Waals surface area contributed by atoms with E-state index in [0.717, 1.165) is 11.4 Å². The molecule has 0 bridgehead atoms. The Kier molecular flexibility index (Phi) is 5.27. The van der Waals surface area contributed by atoms with Crippen molar-refractivity contribution < 1.29 is 4.79 Å². The van der Waals surface area contributed by atoms with Crippen molar-refractivity contribution in [3.05, 3.63) is 77.0 Å². The number of ketones is 1. The maximum atomic E-state index is 11.5. The highest BCUT2D eigenvalue weighted by atomic mass is 16.1. The molecule has 0 fully saturated rings. The lowest BCUT2D eigenvalue weighted by atomic mass is 10.1. The lowest BCUT2D eigenvalue weighted by molar-refractivity contribution is 0.101. The van der Waals surface area contributed by atoms with E-state index >= 15 is 0 Å². The Morgan fingerprint density at radius 1 is 1.00 bits per heavy atom. The van der Waals surface area contributed by atoms with Crippen LogP contribution in [0.5, 0.6) is 0 Å². The Bertz CT molecular complexity index is 920. The van der Waals surface area contributed by atoms with E-state index in [-0.39, 0.29) is 5.78 Å². The smallest absolute Gasteiger partial charge is 0.225 e. The van der Waals surface area contributed by atoms with Crippen LogP contribution in [0.3, 0.4) is 0 Å². The van der Waals surface area contributed by atoms with Gasteiger partial charge in [0.25, 0.3) is 0 Å². The molecule has 0 amide bonds. The molecule has 0 saturated carbocycles. The Hall–Kier alpha value is -3.21. The van der Waals surface area contributed by atoms with Crippen LogP contribution in [0.15, 0.2) is 54.6 Å². The molecule has 1 heterocycles. The topological polar surface area (TPSA) is 66.9 Å². The second-order valence-electron chi connectivity index (χ2n) is 6.32. The summed E-state index contributed by atoms with van der Waals surface area (Å²) in [5.74, 6) is 1.29. The van der Waals surface area contributed by atoms with Crippen LogP contribution in [-0.2, 0) is 6.54 Å². The molecule has 2 aromatic carbocycles. The predicted octanol–water partition coefficient (Wildman–Crippen LogP) is 4.65. The number of carbonyl (C=O) groups is 1. The highest BCUT2D eigenvalue weighted by Crippen LogP contribution is 2.18. The van der Waals surface area contributed by atoms with E-state index < -0.39 is 0 Å². The zero-order valence-electron chi connectivity index (χ0n) is 15.2. The molecule has 0 saturated heterocycles. The van der Waals surface area contributed by atoms with Crippen LogP contribution in [0.1, 0.15) is 34.1 Å². The SMILES string of the molecule is CC(=O)c1cccc(Nc2cc(C)nc(NCc3ccc(C)cc3)n2)c1. The molecule has 0 spiro atoms. The number of nitrogens with one attached hydrogen (secondary N) is 2. The molecule has 3 aromatic rings. The molecule has 5 heteroatoms. The van der Waals surface area contributed by atoms with Crippen LogP contribution in [0.2, 0.25) is 0 Å². The standard InChI is InChI=1S/C21H22N4O/c1-14-7-9-17(10-8-14)13-22-21-23-15(2)11-20(25-21)24-19-6-4-5-18(12-19)16(3)26/h4-12H,13H2,1-3H3,(H2,22,23,24,25). The van der Waals surface area contributed by atoms with Crippen LogP contribution in [-0.4, -0.2) is 15.8 Å². The van der Waals surface area contributed by atoms with Gasteiger partial charge in [-0.1, -0.05) is 42.0 Å². The van der Waals surface area contributed by atoms with Crippen molar-refractivity contribution in [3.8, 4) is 0 Å². The Morgan fingerprint density at radius 3 is 2.50 bits per heavy atom. The van der Waals surface area contributed by atoms with Gasteiger partial charge in [0.1, 0.15) is 5.82 Å². The number of hydrogen-bond donors (Lipinski definition) is 2. The van der Waals surface area contributed by atoms with Crippen LogP contribution in [0.25, 0.3) is 0 Å². The summed E-state index contributed by atoms with van der Waals surface area (Å²) < 4.78 is 0. The predicted molar refractivity (Wildman–Crippen MR) is 105 cm³/mol. The highest BCUT2D eigenvalue weighted by Gasteiger charge is 2.05. The minimum absolute atomic E-state index is 0.0352. The molecule has 132 valence electrons. The number of aromatic nitrogens is 2. The first-order chi connectivity index (χ1) is 12.5. The molecule has 0 aliphatic carbocycles. The maximum Gasteiger partial charge on any atom is 0.225 e. The number of carbonyl (C=O) groups excluding carboxylic acids is 1. The lowest BCUT2D eigenvalue weighted by Gasteiger charge is -2.11. The molecule has 0 radical (unpaired) electrons. The lowest BCUT2D eigenvalue weighted by Crippen LogP contribution is -2.06. The summed E-state index contributed by atoms with van der Waals surface area (Å²) in [7, 11) is 0. The van der Waals surface area contributed by atoms with Crippen molar-refractivity contribution in [2.24, 2.45) is 0 Å². The molecule has 0 aliphatic rings. The van der Waals surface area contributed by atoms with E-state index in [1.54, 1.807) is 13.0 Å². The summed E-state index contributed by atoms with van der Waals surface area (Å²) in [4.78, 5) is 20.5. The summed E-state index contributed by atoms with van der Waals surface area (Å²) in [6.07, 6.45) is 0. The van der Waals surface area contributed by atoms with E-state index in [0.29, 0.717) is 23.9 Å². The minimum atomic E-state index is 0.0352. The number of hydrogen-bond acceptors (Lipinski definition) is 5. The molecule has 0 unspecified atom stereocenters. The van der Waals surface area contributed by atoms with Gasteiger partial charge in [0, 0.05) is 29.6 Å². The number of Topliss-reactive ketones (excluding diaryl/α,β-unsaturated/α-hetero) is 1. The van der Waals surface area contributed by atoms with Gasteiger partial charge in [0.05, 0.1) is 0 Å². The van der Waals surface area contributed by atoms with E-state index in [2.05, 4.69) is 51.8 Å². The minimum Gasteiger partial charge on any atom is -0.350 e. The van der Waals surface area contributed by atoms with E-state index in [9.17, 15) is 4.79 Å². The van der Waals surface area contributed by atoms with Crippen molar-refractivity contribution in [1.29, 1.82) is 0 Å². The normalized spacial score (nSPS) is 10.4. The second kappa shape index (κ2) is 7.78. The fraction of sp³-hybridized carbons (Fsp3) is 0.190. The number of aryl methyl sites for hydroxylation is 2. The van der Waals surface area contributed by atoms with Crippen molar-refractivity contribution in [1.82, 2.24) is 9.97 Å². The van der Waals surface area contributed by atoms with Crippen LogP contribution in [0.4, 0.5) is 17.5 Å². The van der Waals surface area contributed by atoms with Crippen LogP contribution in [0, 0.1) is 13.8 Å². The van der Waals surface area contributed by atoms with Gasteiger partial charge in [-0.2, -0.15) is 4.98 Å². The third kappa shape index (κ3) is 4.66. The van der Waals surface area contributed by atoms with Crippen molar-refractivity contribution in [2.75, 3.05) is 10.6 Å². The monoisotopic (exact) mass is 346 g/mol. The molecule has 26 heavy (non-hydrogen) atoms. The average molecular weight is 346 g/mol. The second-order valence-corrected chi connectivity index (χ2v) is 6.32. The molecule has 5 nitrogen and oxygen atoms in total. The summed E-state index contributed by atoms with van der Waals surface area (Å²) >= 11 is 0. The number of benzene rings is 2. The van der Waals surface area contributed by atoms with Crippen LogP contribution >= 0.6 is 0 Å². The Balaban J connectivity index is 1.74. The van der Waals surface area contributed by atoms with Gasteiger partial charge >= 0.3 is 0 Å². The van der Waals surface area contributed by atoms with Crippen LogP contribution < -0.4 is 10.6 Å². The highest BCUT2D eigenvalue weighted by molar-refractivity contribution is 5.95. The number of rotatable bonds is 6.